The Balaban J connectivity index is 2.21. The van der Waals surface area contributed by atoms with Crippen molar-refractivity contribution in [2.75, 3.05) is 0 Å². The Labute approximate surface area is 95.6 Å². The van der Waals surface area contributed by atoms with Crippen LogP contribution >= 0.6 is 10.7 Å². The number of alkyl halides is 2. The van der Waals surface area contributed by atoms with Gasteiger partial charge in [-0.2, -0.15) is 5.10 Å². The number of hydrogen-bond acceptors (Lipinski definition) is 3. The van der Waals surface area contributed by atoms with Gasteiger partial charge in [0, 0.05) is 29.7 Å². The van der Waals surface area contributed by atoms with E-state index in [1.807, 2.05) is 0 Å². The maximum Gasteiger partial charge on any atom is 0.264 e. The SMILES string of the molecule is O=S(=O)(Cl)c1cnn(C2CCC(F)(F)C2)c1. The molecule has 0 bridgehead atoms. The Morgan fingerprint density at radius 2 is 2.25 bits per heavy atom. The molecular weight excluding hydrogens is 262 g/mol. The van der Waals surface area contributed by atoms with E-state index in [9.17, 15) is 17.2 Å². The summed E-state index contributed by atoms with van der Waals surface area (Å²) in [6.07, 6.45) is 2.04. The molecule has 1 fully saturated rings. The zero-order valence-electron chi connectivity index (χ0n) is 8.11. The highest BCUT2D eigenvalue weighted by molar-refractivity contribution is 8.13. The molecular formula is C8H9ClF2N2O2S. The Hall–Kier alpha value is -0.690. The van der Waals surface area contributed by atoms with E-state index in [2.05, 4.69) is 5.10 Å². The average Bonchev–Trinajstić information content (AvgIpc) is 2.68. The fourth-order valence-electron chi connectivity index (χ4n) is 1.80. The summed E-state index contributed by atoms with van der Waals surface area (Å²) in [6, 6.07) is -0.456. The molecule has 1 saturated carbocycles. The van der Waals surface area contributed by atoms with E-state index in [0.717, 1.165) is 6.20 Å². The molecule has 1 aliphatic rings. The fourth-order valence-corrected chi connectivity index (χ4v) is 2.44. The van der Waals surface area contributed by atoms with Gasteiger partial charge in [0.1, 0.15) is 4.90 Å². The van der Waals surface area contributed by atoms with Crippen molar-refractivity contribution >= 4 is 19.7 Å². The molecule has 1 heterocycles. The number of hydrogen-bond donors (Lipinski definition) is 0. The molecule has 0 aromatic carbocycles. The van der Waals surface area contributed by atoms with Crippen molar-refractivity contribution in [3.63, 3.8) is 0 Å². The van der Waals surface area contributed by atoms with E-state index in [1.54, 1.807) is 0 Å². The van der Waals surface area contributed by atoms with Crippen LogP contribution in [0.4, 0.5) is 8.78 Å². The lowest BCUT2D eigenvalue weighted by molar-refractivity contribution is 0.00518. The van der Waals surface area contributed by atoms with E-state index in [0.29, 0.717) is 0 Å². The number of rotatable bonds is 2. The summed E-state index contributed by atoms with van der Waals surface area (Å²) in [5.74, 6) is -2.68. The van der Waals surface area contributed by atoms with Gasteiger partial charge in [0.25, 0.3) is 9.05 Å². The predicted octanol–water partition coefficient (Wildman–Crippen LogP) is 2.17. The molecule has 16 heavy (non-hydrogen) atoms. The highest BCUT2D eigenvalue weighted by atomic mass is 35.7. The molecule has 1 atom stereocenters. The van der Waals surface area contributed by atoms with Crippen molar-refractivity contribution in [2.24, 2.45) is 0 Å². The largest absolute Gasteiger partial charge is 0.268 e. The summed E-state index contributed by atoms with van der Waals surface area (Å²) in [4.78, 5) is -0.163. The first-order valence-electron chi connectivity index (χ1n) is 4.65. The van der Waals surface area contributed by atoms with Gasteiger partial charge in [-0.15, -0.1) is 0 Å². The van der Waals surface area contributed by atoms with Crippen LogP contribution in [0.2, 0.25) is 0 Å². The van der Waals surface area contributed by atoms with E-state index >= 15 is 0 Å². The van der Waals surface area contributed by atoms with Gasteiger partial charge in [0.05, 0.1) is 12.2 Å². The molecule has 0 N–H and O–H groups in total. The summed E-state index contributed by atoms with van der Waals surface area (Å²) >= 11 is 0. The Morgan fingerprint density at radius 3 is 2.69 bits per heavy atom. The van der Waals surface area contributed by atoms with Crippen molar-refractivity contribution in [1.29, 1.82) is 0 Å². The van der Waals surface area contributed by atoms with E-state index in [4.69, 9.17) is 10.7 Å². The first-order chi connectivity index (χ1) is 7.28. The van der Waals surface area contributed by atoms with Crippen LogP contribution < -0.4 is 0 Å². The highest BCUT2D eigenvalue weighted by Crippen LogP contribution is 2.41. The standard InChI is InChI=1S/C8H9ClF2N2O2S/c9-16(14,15)7-4-12-13(5-7)6-1-2-8(10,11)3-6/h4-6H,1-3H2. The summed E-state index contributed by atoms with van der Waals surface area (Å²) in [5, 5.41) is 3.75. The Bertz CT molecular complexity index is 500. The van der Waals surface area contributed by atoms with Gasteiger partial charge in [0.15, 0.2) is 0 Å². The molecule has 90 valence electrons. The molecule has 0 aliphatic heterocycles. The molecule has 0 spiro atoms. The minimum absolute atomic E-state index is 0.163. The lowest BCUT2D eigenvalue weighted by Gasteiger charge is -2.10. The smallest absolute Gasteiger partial charge is 0.264 e. The molecule has 4 nitrogen and oxygen atoms in total. The zero-order chi connectivity index (χ0) is 12.0. The quantitative estimate of drug-likeness (QED) is 0.774. The third-order valence-corrected chi connectivity index (χ3v) is 3.92. The fraction of sp³-hybridized carbons (Fsp3) is 0.625. The molecule has 0 radical (unpaired) electrons. The average molecular weight is 271 g/mol. The Kier molecular flexibility index (Phi) is 2.70. The molecule has 1 aromatic heterocycles. The highest BCUT2D eigenvalue weighted by Gasteiger charge is 2.40. The molecule has 1 aliphatic carbocycles. The lowest BCUT2D eigenvalue weighted by atomic mass is 10.2. The second-order valence-corrected chi connectivity index (χ2v) is 6.41. The maximum absolute atomic E-state index is 12.9. The minimum Gasteiger partial charge on any atom is -0.268 e. The van der Waals surface area contributed by atoms with E-state index in [1.165, 1.54) is 10.9 Å². The third-order valence-electron chi connectivity index (χ3n) is 2.61. The molecule has 1 unspecified atom stereocenters. The van der Waals surface area contributed by atoms with E-state index < -0.39 is 21.0 Å². The van der Waals surface area contributed by atoms with Gasteiger partial charge in [-0.3, -0.25) is 4.68 Å². The molecule has 0 saturated heterocycles. The first kappa shape index (κ1) is 11.8. The monoisotopic (exact) mass is 270 g/mol. The molecule has 1 aromatic rings. The summed E-state index contributed by atoms with van der Waals surface area (Å²) in [5.41, 5.74) is 0. The zero-order valence-corrected chi connectivity index (χ0v) is 9.68. The molecule has 2 rings (SSSR count). The number of aromatic nitrogens is 2. The van der Waals surface area contributed by atoms with Crippen molar-refractivity contribution in [3.05, 3.63) is 12.4 Å². The topological polar surface area (TPSA) is 52.0 Å². The van der Waals surface area contributed by atoms with Gasteiger partial charge < -0.3 is 0 Å². The minimum atomic E-state index is -3.84. The van der Waals surface area contributed by atoms with Crippen LogP contribution in [0.3, 0.4) is 0 Å². The lowest BCUT2D eigenvalue weighted by Crippen LogP contribution is -2.12. The van der Waals surface area contributed by atoms with Crippen LogP contribution in [-0.4, -0.2) is 24.1 Å². The molecule has 8 heteroatoms. The van der Waals surface area contributed by atoms with Gasteiger partial charge in [-0.05, 0) is 6.42 Å². The number of nitrogens with zero attached hydrogens (tertiary/aromatic N) is 2. The van der Waals surface area contributed by atoms with Crippen LogP contribution in [0.25, 0.3) is 0 Å². The van der Waals surface area contributed by atoms with Crippen molar-refractivity contribution in [1.82, 2.24) is 9.78 Å². The van der Waals surface area contributed by atoms with Crippen LogP contribution in [0.5, 0.6) is 0 Å². The summed E-state index contributed by atoms with van der Waals surface area (Å²) < 4.78 is 49.0. The van der Waals surface area contributed by atoms with Crippen LogP contribution in [0.15, 0.2) is 17.3 Å². The second-order valence-electron chi connectivity index (χ2n) is 3.85. The van der Waals surface area contributed by atoms with Gasteiger partial charge in [0.2, 0.25) is 5.92 Å². The predicted molar refractivity (Wildman–Crippen MR) is 53.1 cm³/mol. The molecule has 0 amide bonds. The van der Waals surface area contributed by atoms with Crippen molar-refractivity contribution in [3.8, 4) is 0 Å². The van der Waals surface area contributed by atoms with E-state index in [-0.39, 0.29) is 24.2 Å². The summed E-state index contributed by atoms with van der Waals surface area (Å²) in [7, 11) is 1.27. The maximum atomic E-state index is 12.9. The van der Waals surface area contributed by atoms with Gasteiger partial charge in [-0.25, -0.2) is 17.2 Å². The van der Waals surface area contributed by atoms with Gasteiger partial charge >= 0.3 is 0 Å². The van der Waals surface area contributed by atoms with Gasteiger partial charge in [-0.1, -0.05) is 0 Å². The van der Waals surface area contributed by atoms with Crippen LogP contribution in [0.1, 0.15) is 25.3 Å². The second kappa shape index (κ2) is 3.66. The number of halogens is 3. The summed E-state index contributed by atoms with van der Waals surface area (Å²) in [6.45, 7) is 0. The van der Waals surface area contributed by atoms with Crippen molar-refractivity contribution < 1.29 is 17.2 Å². The first-order valence-corrected chi connectivity index (χ1v) is 6.95. The van der Waals surface area contributed by atoms with Crippen molar-refractivity contribution in [2.45, 2.75) is 36.1 Å². The third kappa shape index (κ3) is 2.35. The Morgan fingerprint density at radius 1 is 1.56 bits per heavy atom. The van der Waals surface area contributed by atoms with Crippen LogP contribution in [-0.2, 0) is 9.05 Å². The van der Waals surface area contributed by atoms with Crippen LogP contribution in [0, 0.1) is 0 Å². The normalized spacial score (nSPS) is 24.8.